The summed E-state index contributed by atoms with van der Waals surface area (Å²) in [4.78, 5) is 0. The van der Waals surface area contributed by atoms with Crippen LogP contribution in [0.25, 0.3) is 43.8 Å². The van der Waals surface area contributed by atoms with Gasteiger partial charge in [0.05, 0.1) is 0 Å². The maximum atomic E-state index is 4.93. The molecule has 0 nitrogen and oxygen atoms in total. The number of unbranched alkanes of at least 4 members (excludes halogenated alkanes) is 2. The van der Waals surface area contributed by atoms with Gasteiger partial charge in [-0.15, -0.1) is 69.1 Å². The van der Waals surface area contributed by atoms with Gasteiger partial charge in [-0.1, -0.05) is 165 Å². The van der Waals surface area contributed by atoms with Crippen LogP contribution in [-0.2, 0) is 46.5 Å². The van der Waals surface area contributed by atoms with Crippen LogP contribution in [0, 0.1) is 0 Å². The Morgan fingerprint density at radius 1 is 0.574 bits per heavy atom. The van der Waals surface area contributed by atoms with E-state index in [1.807, 2.05) is 0 Å². The zero-order valence-electron chi connectivity index (χ0n) is 34.8. The minimum atomic E-state index is -0.826. The first kappa shape index (κ1) is 46.2. The Hall–Kier alpha value is -2.22. The van der Waals surface area contributed by atoms with E-state index in [0.717, 1.165) is 22.4 Å². The maximum absolute atomic E-state index is 4.93. The molecule has 0 fully saturated rings. The molecule has 6 aromatic rings. The number of aryl methyl sites for hydroxylation is 4. The number of hydrogen-bond acceptors (Lipinski definition) is 0. The van der Waals surface area contributed by atoms with Crippen LogP contribution < -0.4 is 0 Å². The van der Waals surface area contributed by atoms with Crippen LogP contribution in [-0.4, -0.2) is 9.52 Å². The van der Waals surface area contributed by atoms with Crippen LogP contribution in [0.15, 0.2) is 97.1 Å². The van der Waals surface area contributed by atoms with Crippen molar-refractivity contribution in [3.8, 4) is 22.3 Å². The molecule has 0 N–H and O–H groups in total. The van der Waals surface area contributed by atoms with Crippen LogP contribution in [0.2, 0.25) is 13.1 Å². The van der Waals surface area contributed by atoms with E-state index in [9.17, 15) is 0 Å². The molecule has 0 saturated heterocycles. The SMILES string of the molecule is CCCCc1cc2c(-c3ccccc3C(C)C)c(CC)ccc2[cH-]1.CCCCc1cc2c(-c3ccccc3C(C)C)c(CC)ccc2[cH-]1.C[Si]C.[Cl][Zr+2][Cl]. The second-order valence-corrected chi connectivity index (χ2v) is 19.6. The molecular formula is C50H64Cl2SiZr. The minimum absolute atomic E-state index is 0.538. The van der Waals surface area contributed by atoms with Crippen LogP contribution >= 0.6 is 17.0 Å². The van der Waals surface area contributed by atoms with Gasteiger partial charge in [-0.05, 0) is 59.8 Å². The Labute approximate surface area is 350 Å². The van der Waals surface area contributed by atoms with Crippen LogP contribution in [0.3, 0.4) is 0 Å². The van der Waals surface area contributed by atoms with E-state index >= 15 is 0 Å². The topological polar surface area (TPSA) is 0 Å². The zero-order valence-corrected chi connectivity index (χ0v) is 39.8. The van der Waals surface area contributed by atoms with Crippen LogP contribution in [0.1, 0.15) is 126 Å². The third-order valence-corrected chi connectivity index (χ3v) is 10.2. The first-order chi connectivity index (χ1) is 26.1. The van der Waals surface area contributed by atoms with Crippen molar-refractivity contribution in [2.24, 2.45) is 0 Å². The van der Waals surface area contributed by atoms with Crippen molar-refractivity contribution in [3.05, 3.63) is 130 Å². The number of halogens is 2. The molecule has 0 heterocycles. The quantitative estimate of drug-likeness (QED) is 0.0850. The Balaban J connectivity index is 0.000000254. The molecule has 6 rings (SSSR count). The van der Waals surface area contributed by atoms with Crippen LogP contribution in [0.5, 0.6) is 0 Å². The number of benzene rings is 4. The molecule has 0 bridgehead atoms. The van der Waals surface area contributed by atoms with E-state index in [2.05, 4.69) is 166 Å². The summed E-state index contributed by atoms with van der Waals surface area (Å²) in [5.74, 6) is 1.08. The predicted molar refractivity (Wildman–Crippen MR) is 243 cm³/mol. The molecule has 0 aliphatic carbocycles. The van der Waals surface area contributed by atoms with Crippen molar-refractivity contribution in [2.75, 3.05) is 0 Å². The standard InChI is InChI=1S/2C24H29.C2H6Si.2ClH.Zr/c2*1-5-7-10-18-15-20-14-13-19(6-2)24(23(20)16-18)22-12-9-8-11-21(22)17(3)4;1-3-2;;;/h2*8-9,11-17H,5-7,10H2,1-4H3;1-2H3;2*1H;/q2*-1;;;;+4/p-2. The molecule has 286 valence electrons. The molecule has 0 atom stereocenters. The van der Waals surface area contributed by atoms with Crippen molar-refractivity contribution in [2.45, 2.75) is 132 Å². The Morgan fingerprint density at radius 3 is 1.24 bits per heavy atom. The van der Waals surface area contributed by atoms with Crippen molar-refractivity contribution in [1.29, 1.82) is 0 Å². The third-order valence-electron chi connectivity index (χ3n) is 10.2. The number of hydrogen-bond donors (Lipinski definition) is 0. The van der Waals surface area contributed by atoms with E-state index in [4.69, 9.17) is 17.0 Å². The monoisotopic (exact) mass is 852 g/mol. The van der Waals surface area contributed by atoms with Gasteiger partial charge < -0.3 is 0 Å². The Kier molecular flexibility index (Phi) is 20.9. The van der Waals surface area contributed by atoms with Gasteiger partial charge in [0.15, 0.2) is 0 Å². The first-order valence-electron chi connectivity index (χ1n) is 20.3. The second-order valence-electron chi connectivity index (χ2n) is 14.9. The van der Waals surface area contributed by atoms with Gasteiger partial charge in [0.1, 0.15) is 0 Å². The van der Waals surface area contributed by atoms with Crippen molar-refractivity contribution in [3.63, 3.8) is 0 Å². The number of rotatable bonds is 12. The zero-order chi connectivity index (χ0) is 39.6. The number of fused-ring (bicyclic) bond motifs is 2. The van der Waals surface area contributed by atoms with Crippen LogP contribution in [0.4, 0.5) is 0 Å². The summed E-state index contributed by atoms with van der Waals surface area (Å²) in [7, 11) is 11.0. The molecule has 0 spiro atoms. The third kappa shape index (κ3) is 12.4. The van der Waals surface area contributed by atoms with E-state index < -0.39 is 20.8 Å². The Morgan fingerprint density at radius 2 is 0.926 bits per heavy atom. The summed E-state index contributed by atoms with van der Waals surface area (Å²) in [6.07, 6.45) is 9.59. The Bertz CT molecular complexity index is 1830. The molecule has 6 aromatic carbocycles. The molecule has 0 unspecified atom stereocenters. The molecule has 0 aliphatic heterocycles. The average Bonchev–Trinajstić information content (AvgIpc) is 3.80. The van der Waals surface area contributed by atoms with E-state index in [-0.39, 0.29) is 0 Å². The molecule has 0 amide bonds. The summed E-state index contributed by atoms with van der Waals surface area (Å²) < 4.78 is 0. The second kappa shape index (κ2) is 24.4. The molecule has 54 heavy (non-hydrogen) atoms. The normalized spacial score (nSPS) is 10.8. The summed E-state index contributed by atoms with van der Waals surface area (Å²) in [5.41, 5.74) is 14.6. The van der Waals surface area contributed by atoms with E-state index in [0.29, 0.717) is 11.8 Å². The van der Waals surface area contributed by atoms with Gasteiger partial charge in [-0.2, -0.15) is 12.1 Å². The average molecular weight is 855 g/mol. The van der Waals surface area contributed by atoms with Gasteiger partial charge in [-0.25, -0.2) is 0 Å². The van der Waals surface area contributed by atoms with E-state index in [1.54, 1.807) is 0 Å². The van der Waals surface area contributed by atoms with Gasteiger partial charge in [0.2, 0.25) is 0 Å². The van der Waals surface area contributed by atoms with Crippen molar-refractivity contribution >= 4 is 48.1 Å². The molecule has 0 aliphatic rings. The van der Waals surface area contributed by atoms with E-state index in [1.165, 1.54) is 116 Å². The van der Waals surface area contributed by atoms with Crippen molar-refractivity contribution < 1.29 is 20.8 Å². The molecule has 4 heteroatoms. The summed E-state index contributed by atoms with van der Waals surface area (Å²) in [5, 5.41) is 5.67. The predicted octanol–water partition coefficient (Wildman–Crippen LogP) is 16.7. The fourth-order valence-electron chi connectivity index (χ4n) is 7.51. The molecular weight excluding hydrogens is 791 g/mol. The van der Waals surface area contributed by atoms with Gasteiger partial charge >= 0.3 is 37.9 Å². The molecule has 2 radical (unpaired) electrons. The fourth-order valence-corrected chi connectivity index (χ4v) is 7.51. The van der Waals surface area contributed by atoms with Gasteiger partial charge in [0.25, 0.3) is 0 Å². The first-order valence-corrected chi connectivity index (χ1v) is 28.6. The fraction of sp³-hybridized carbons (Fsp3) is 0.400. The van der Waals surface area contributed by atoms with Gasteiger partial charge in [-0.3, -0.25) is 0 Å². The molecule has 0 aromatic heterocycles. The molecule has 0 saturated carbocycles. The summed E-state index contributed by atoms with van der Waals surface area (Å²) in [6, 6.07) is 36.9. The summed E-state index contributed by atoms with van der Waals surface area (Å²) in [6.45, 7) is 22.5. The summed E-state index contributed by atoms with van der Waals surface area (Å²) >= 11 is -0.826. The van der Waals surface area contributed by atoms with Gasteiger partial charge in [0, 0.05) is 9.52 Å². The van der Waals surface area contributed by atoms with Crippen molar-refractivity contribution in [1.82, 2.24) is 0 Å².